The largest absolute Gasteiger partial charge is 0.398 e. The van der Waals surface area contributed by atoms with Gasteiger partial charge in [-0.15, -0.1) is 0 Å². The molecule has 0 aliphatic carbocycles. The van der Waals surface area contributed by atoms with E-state index in [2.05, 4.69) is 20.3 Å². The van der Waals surface area contributed by atoms with E-state index in [4.69, 9.17) is 17.3 Å². The maximum atomic E-state index is 6.18. The molecule has 2 heterocycles. The van der Waals surface area contributed by atoms with Crippen molar-refractivity contribution in [2.75, 3.05) is 18.1 Å². The van der Waals surface area contributed by atoms with E-state index >= 15 is 0 Å². The van der Waals surface area contributed by atoms with Crippen molar-refractivity contribution in [2.24, 2.45) is 0 Å². The Hall–Kier alpha value is -2.27. The highest BCUT2D eigenvalue weighted by atomic mass is 35.5. The minimum atomic E-state index is 0.563. The SMILES string of the molecule is CNc1ccc2[nH]c(-c3c(N)cccc3Cl)nc2n1. The fourth-order valence-corrected chi connectivity index (χ4v) is 2.21. The van der Waals surface area contributed by atoms with E-state index in [9.17, 15) is 0 Å². The fourth-order valence-electron chi connectivity index (χ4n) is 1.94. The summed E-state index contributed by atoms with van der Waals surface area (Å²) in [4.78, 5) is 12.0. The van der Waals surface area contributed by atoms with Crippen LogP contribution in [-0.2, 0) is 0 Å². The van der Waals surface area contributed by atoms with Crippen molar-refractivity contribution < 1.29 is 0 Å². The van der Waals surface area contributed by atoms with Crippen LogP contribution in [-0.4, -0.2) is 22.0 Å². The molecule has 3 rings (SSSR count). The van der Waals surface area contributed by atoms with Crippen molar-refractivity contribution in [1.82, 2.24) is 15.0 Å². The molecular formula is C13H12ClN5. The summed E-state index contributed by atoms with van der Waals surface area (Å²) in [6.45, 7) is 0. The molecule has 19 heavy (non-hydrogen) atoms. The Morgan fingerprint density at radius 3 is 2.79 bits per heavy atom. The van der Waals surface area contributed by atoms with E-state index in [1.54, 1.807) is 18.2 Å². The topological polar surface area (TPSA) is 79.6 Å². The number of nitrogen functional groups attached to an aromatic ring is 1. The zero-order valence-electron chi connectivity index (χ0n) is 10.2. The molecule has 6 heteroatoms. The standard InChI is InChI=1S/C13H12ClN5/c1-16-10-6-5-9-12(18-10)19-13(17-9)11-7(14)3-2-4-8(11)15/h2-6H,15H2,1H3,(H2,16,17,18,19). The molecule has 96 valence electrons. The molecule has 0 aliphatic rings. The van der Waals surface area contributed by atoms with E-state index in [0.717, 1.165) is 11.3 Å². The van der Waals surface area contributed by atoms with Crippen molar-refractivity contribution in [3.8, 4) is 11.4 Å². The number of imidazole rings is 1. The van der Waals surface area contributed by atoms with Gasteiger partial charge in [0.2, 0.25) is 0 Å². The Labute approximate surface area is 114 Å². The number of pyridine rings is 1. The summed E-state index contributed by atoms with van der Waals surface area (Å²) in [7, 11) is 1.81. The van der Waals surface area contributed by atoms with Crippen LogP contribution in [0.5, 0.6) is 0 Å². The van der Waals surface area contributed by atoms with E-state index < -0.39 is 0 Å². The van der Waals surface area contributed by atoms with Crippen LogP contribution in [0.4, 0.5) is 11.5 Å². The van der Waals surface area contributed by atoms with Crippen molar-refractivity contribution >= 4 is 34.3 Å². The number of hydrogen-bond donors (Lipinski definition) is 3. The zero-order chi connectivity index (χ0) is 13.4. The number of hydrogen-bond acceptors (Lipinski definition) is 4. The number of nitrogens with one attached hydrogen (secondary N) is 2. The summed E-state index contributed by atoms with van der Waals surface area (Å²) in [6.07, 6.45) is 0. The van der Waals surface area contributed by atoms with Gasteiger partial charge in [-0.2, -0.15) is 0 Å². The predicted octanol–water partition coefficient (Wildman–Crippen LogP) is 2.90. The van der Waals surface area contributed by atoms with Gasteiger partial charge in [-0.05, 0) is 24.3 Å². The van der Waals surface area contributed by atoms with Crippen LogP contribution in [0.3, 0.4) is 0 Å². The van der Waals surface area contributed by atoms with Gasteiger partial charge in [-0.3, -0.25) is 0 Å². The second-order valence-electron chi connectivity index (χ2n) is 4.11. The normalized spacial score (nSPS) is 10.8. The van der Waals surface area contributed by atoms with Gasteiger partial charge in [0.25, 0.3) is 0 Å². The monoisotopic (exact) mass is 273 g/mol. The number of fused-ring (bicyclic) bond motifs is 1. The third-order valence-corrected chi connectivity index (χ3v) is 3.20. The van der Waals surface area contributed by atoms with E-state index in [0.29, 0.717) is 27.7 Å². The van der Waals surface area contributed by atoms with Gasteiger partial charge in [-0.25, -0.2) is 9.97 Å². The first-order valence-corrected chi connectivity index (χ1v) is 6.15. The van der Waals surface area contributed by atoms with Gasteiger partial charge >= 0.3 is 0 Å². The lowest BCUT2D eigenvalue weighted by molar-refractivity contribution is 1.28. The molecule has 1 aromatic carbocycles. The van der Waals surface area contributed by atoms with E-state index in [1.165, 1.54) is 0 Å². The Morgan fingerprint density at radius 1 is 1.21 bits per heavy atom. The van der Waals surface area contributed by atoms with E-state index in [-0.39, 0.29) is 0 Å². The van der Waals surface area contributed by atoms with Crippen LogP contribution in [0.25, 0.3) is 22.6 Å². The minimum absolute atomic E-state index is 0.563. The number of anilines is 2. The molecule has 0 amide bonds. The molecule has 2 aromatic heterocycles. The quantitative estimate of drug-likeness (QED) is 0.627. The Balaban J connectivity index is 2.21. The molecule has 4 N–H and O–H groups in total. The first-order chi connectivity index (χ1) is 9.19. The molecule has 0 radical (unpaired) electrons. The van der Waals surface area contributed by atoms with Crippen LogP contribution >= 0.6 is 11.6 Å². The van der Waals surface area contributed by atoms with Gasteiger partial charge in [-0.1, -0.05) is 17.7 Å². The highest BCUT2D eigenvalue weighted by Crippen LogP contribution is 2.32. The van der Waals surface area contributed by atoms with Crippen molar-refractivity contribution in [2.45, 2.75) is 0 Å². The highest BCUT2D eigenvalue weighted by Gasteiger charge is 2.12. The summed E-state index contributed by atoms with van der Waals surface area (Å²) < 4.78 is 0. The smallest absolute Gasteiger partial charge is 0.180 e. The summed E-state index contributed by atoms with van der Waals surface area (Å²) in [5.41, 5.74) is 8.71. The number of rotatable bonds is 2. The summed E-state index contributed by atoms with van der Waals surface area (Å²) in [5, 5.41) is 3.54. The zero-order valence-corrected chi connectivity index (χ0v) is 11.0. The van der Waals surface area contributed by atoms with Gasteiger partial charge in [0, 0.05) is 12.7 Å². The first-order valence-electron chi connectivity index (χ1n) is 5.78. The number of nitrogens with two attached hydrogens (primary N) is 1. The van der Waals surface area contributed by atoms with Crippen molar-refractivity contribution in [3.63, 3.8) is 0 Å². The maximum absolute atomic E-state index is 6.18. The first kappa shape index (κ1) is 11.8. The molecule has 0 aliphatic heterocycles. The average molecular weight is 274 g/mol. The number of benzene rings is 1. The number of H-pyrrole nitrogens is 1. The molecule has 0 atom stereocenters. The summed E-state index contributed by atoms with van der Waals surface area (Å²) in [5.74, 6) is 1.39. The van der Waals surface area contributed by atoms with Crippen LogP contribution in [0.2, 0.25) is 5.02 Å². The number of halogens is 1. The summed E-state index contributed by atoms with van der Waals surface area (Å²) >= 11 is 6.18. The average Bonchev–Trinajstić information content (AvgIpc) is 2.80. The number of nitrogens with zero attached hydrogens (tertiary/aromatic N) is 2. The molecule has 5 nitrogen and oxygen atoms in total. The van der Waals surface area contributed by atoms with Crippen LogP contribution in [0.15, 0.2) is 30.3 Å². The molecule has 0 saturated heterocycles. The lowest BCUT2D eigenvalue weighted by Gasteiger charge is -2.03. The van der Waals surface area contributed by atoms with Gasteiger partial charge < -0.3 is 16.0 Å². The predicted molar refractivity (Wildman–Crippen MR) is 78.3 cm³/mol. The number of aromatic amines is 1. The third kappa shape index (κ3) is 1.98. The molecule has 0 spiro atoms. The van der Waals surface area contributed by atoms with Crippen LogP contribution in [0, 0.1) is 0 Å². The van der Waals surface area contributed by atoms with E-state index in [1.807, 2.05) is 19.2 Å². The second-order valence-corrected chi connectivity index (χ2v) is 4.51. The minimum Gasteiger partial charge on any atom is -0.398 e. The maximum Gasteiger partial charge on any atom is 0.180 e. The lowest BCUT2D eigenvalue weighted by Crippen LogP contribution is -1.92. The van der Waals surface area contributed by atoms with Gasteiger partial charge in [0.1, 0.15) is 11.6 Å². The Bertz CT molecular complexity index is 730. The van der Waals surface area contributed by atoms with Crippen LogP contribution in [0.1, 0.15) is 0 Å². The molecule has 0 saturated carbocycles. The lowest BCUT2D eigenvalue weighted by atomic mass is 10.2. The Morgan fingerprint density at radius 2 is 2.05 bits per heavy atom. The van der Waals surface area contributed by atoms with Crippen molar-refractivity contribution in [3.05, 3.63) is 35.4 Å². The Kier molecular flexibility index (Phi) is 2.76. The number of aromatic nitrogens is 3. The molecule has 0 bridgehead atoms. The molecular weight excluding hydrogens is 262 g/mol. The van der Waals surface area contributed by atoms with Crippen molar-refractivity contribution in [1.29, 1.82) is 0 Å². The van der Waals surface area contributed by atoms with Gasteiger partial charge in [0.05, 0.1) is 16.1 Å². The molecule has 3 aromatic rings. The summed E-state index contributed by atoms with van der Waals surface area (Å²) in [6, 6.07) is 9.17. The molecule has 0 fully saturated rings. The second kappa shape index (κ2) is 4.44. The third-order valence-electron chi connectivity index (χ3n) is 2.88. The van der Waals surface area contributed by atoms with Gasteiger partial charge in [0.15, 0.2) is 5.65 Å². The van der Waals surface area contributed by atoms with Crippen LogP contribution < -0.4 is 11.1 Å². The fraction of sp³-hybridized carbons (Fsp3) is 0.0769. The highest BCUT2D eigenvalue weighted by molar-refractivity contribution is 6.33. The molecule has 0 unspecified atom stereocenters.